The Morgan fingerprint density at radius 1 is 0.714 bits per heavy atom. The van der Waals surface area contributed by atoms with Gasteiger partial charge in [-0.15, -0.1) is 0 Å². The predicted octanol–water partition coefficient (Wildman–Crippen LogP) is 5.54. The van der Waals surface area contributed by atoms with Crippen LogP contribution in [0.4, 0.5) is 5.69 Å². The van der Waals surface area contributed by atoms with Crippen LogP contribution in [0, 0.1) is 6.92 Å². The van der Waals surface area contributed by atoms with Crippen LogP contribution in [0.25, 0.3) is 10.8 Å². The molecule has 140 valence electrons. The molecule has 0 N–H and O–H groups in total. The Morgan fingerprint density at radius 2 is 1.36 bits per heavy atom. The standard InChI is InChI=1S/C24H21NO2S/c1-19-11-15-24(16-12-19)28(26,27)25(18-20-7-3-2-4-8-20)23-14-13-21-9-5-6-10-22(21)17-23/h2-17H,18H2,1H3. The van der Waals surface area contributed by atoms with Crippen LogP contribution in [0.2, 0.25) is 0 Å². The zero-order chi connectivity index (χ0) is 19.6. The van der Waals surface area contributed by atoms with Crippen LogP contribution in [0.1, 0.15) is 11.1 Å². The highest BCUT2D eigenvalue weighted by Gasteiger charge is 2.25. The Labute approximate surface area is 165 Å². The Hall–Kier alpha value is -3.11. The zero-order valence-corrected chi connectivity index (χ0v) is 16.4. The van der Waals surface area contributed by atoms with Crippen LogP contribution in [-0.4, -0.2) is 8.42 Å². The van der Waals surface area contributed by atoms with E-state index >= 15 is 0 Å². The Balaban J connectivity index is 1.84. The molecular formula is C24H21NO2S. The molecule has 0 saturated carbocycles. The number of fused-ring (bicyclic) bond motifs is 1. The van der Waals surface area contributed by atoms with E-state index in [9.17, 15) is 8.42 Å². The van der Waals surface area contributed by atoms with E-state index < -0.39 is 10.0 Å². The van der Waals surface area contributed by atoms with Gasteiger partial charge in [0.1, 0.15) is 0 Å². The van der Waals surface area contributed by atoms with Crippen LogP contribution in [0.15, 0.2) is 102 Å². The summed E-state index contributed by atoms with van der Waals surface area (Å²) in [5.41, 5.74) is 2.62. The van der Waals surface area contributed by atoms with Gasteiger partial charge in [-0.05, 0) is 47.5 Å². The summed E-state index contributed by atoms with van der Waals surface area (Å²) < 4.78 is 28.5. The van der Waals surface area contributed by atoms with Crippen molar-refractivity contribution < 1.29 is 8.42 Å². The van der Waals surface area contributed by atoms with Gasteiger partial charge in [-0.1, -0.05) is 78.4 Å². The molecule has 0 saturated heterocycles. The monoisotopic (exact) mass is 387 g/mol. The van der Waals surface area contributed by atoms with Crippen LogP contribution in [0.3, 0.4) is 0 Å². The van der Waals surface area contributed by atoms with Gasteiger partial charge in [0, 0.05) is 0 Å². The minimum atomic E-state index is -3.70. The first kappa shape index (κ1) is 18.3. The summed E-state index contributed by atoms with van der Waals surface area (Å²) in [6.45, 7) is 2.22. The average Bonchev–Trinajstić information content (AvgIpc) is 2.72. The van der Waals surface area contributed by atoms with Gasteiger partial charge in [0.05, 0.1) is 17.1 Å². The molecule has 0 spiro atoms. The first-order chi connectivity index (χ1) is 13.5. The van der Waals surface area contributed by atoms with Crippen molar-refractivity contribution in [1.82, 2.24) is 0 Å². The third kappa shape index (κ3) is 3.64. The molecule has 3 nitrogen and oxygen atoms in total. The van der Waals surface area contributed by atoms with Gasteiger partial charge in [0.15, 0.2) is 0 Å². The molecule has 4 aromatic carbocycles. The second kappa shape index (κ2) is 7.49. The largest absolute Gasteiger partial charge is 0.264 e. The first-order valence-electron chi connectivity index (χ1n) is 9.16. The van der Waals surface area contributed by atoms with Gasteiger partial charge < -0.3 is 0 Å². The summed E-state index contributed by atoms with van der Waals surface area (Å²) in [6.07, 6.45) is 0. The van der Waals surface area contributed by atoms with E-state index in [0.29, 0.717) is 10.6 Å². The van der Waals surface area contributed by atoms with Crippen molar-refractivity contribution in [3.05, 3.63) is 108 Å². The molecule has 0 bridgehead atoms. The number of rotatable bonds is 5. The average molecular weight is 388 g/mol. The normalized spacial score (nSPS) is 11.5. The number of hydrogen-bond donors (Lipinski definition) is 0. The molecule has 0 radical (unpaired) electrons. The Morgan fingerprint density at radius 3 is 2.07 bits per heavy atom. The smallest absolute Gasteiger partial charge is 0.262 e. The maximum absolute atomic E-state index is 13.5. The molecule has 0 amide bonds. The Bertz CT molecular complexity index is 1200. The van der Waals surface area contributed by atoms with E-state index in [2.05, 4.69) is 0 Å². The third-order valence-corrected chi connectivity index (χ3v) is 6.59. The molecule has 28 heavy (non-hydrogen) atoms. The van der Waals surface area contributed by atoms with Crippen LogP contribution >= 0.6 is 0 Å². The highest BCUT2D eigenvalue weighted by Crippen LogP contribution is 2.29. The van der Waals surface area contributed by atoms with Crippen molar-refractivity contribution in [1.29, 1.82) is 0 Å². The molecule has 0 aliphatic carbocycles. The minimum absolute atomic E-state index is 0.273. The molecule has 4 aromatic rings. The van der Waals surface area contributed by atoms with E-state index in [1.807, 2.05) is 91.9 Å². The van der Waals surface area contributed by atoms with Crippen molar-refractivity contribution in [3.63, 3.8) is 0 Å². The van der Waals surface area contributed by atoms with Crippen molar-refractivity contribution in [3.8, 4) is 0 Å². The lowest BCUT2D eigenvalue weighted by molar-refractivity contribution is 0.590. The summed E-state index contributed by atoms with van der Waals surface area (Å²) in [4.78, 5) is 0.294. The molecule has 0 aliphatic rings. The molecule has 0 aromatic heterocycles. The quantitative estimate of drug-likeness (QED) is 0.451. The molecule has 4 rings (SSSR count). The van der Waals surface area contributed by atoms with Crippen LogP contribution < -0.4 is 4.31 Å². The molecule has 4 heteroatoms. The van der Waals surface area contributed by atoms with E-state index in [1.165, 1.54) is 4.31 Å². The van der Waals surface area contributed by atoms with Gasteiger partial charge in [-0.25, -0.2) is 8.42 Å². The van der Waals surface area contributed by atoms with Crippen LogP contribution in [-0.2, 0) is 16.6 Å². The molecule has 0 aliphatic heterocycles. The number of sulfonamides is 1. The maximum atomic E-state index is 13.5. The minimum Gasteiger partial charge on any atom is -0.262 e. The first-order valence-corrected chi connectivity index (χ1v) is 10.6. The lowest BCUT2D eigenvalue weighted by atomic mass is 10.1. The number of benzene rings is 4. The van der Waals surface area contributed by atoms with E-state index in [1.54, 1.807) is 12.1 Å². The van der Waals surface area contributed by atoms with E-state index in [-0.39, 0.29) is 6.54 Å². The van der Waals surface area contributed by atoms with E-state index in [4.69, 9.17) is 0 Å². The Kier molecular flexibility index (Phi) is 4.88. The lowest BCUT2D eigenvalue weighted by Gasteiger charge is -2.25. The fourth-order valence-electron chi connectivity index (χ4n) is 3.23. The molecule has 0 atom stereocenters. The van der Waals surface area contributed by atoms with E-state index in [0.717, 1.165) is 21.9 Å². The van der Waals surface area contributed by atoms with Gasteiger partial charge in [0.2, 0.25) is 0 Å². The number of nitrogens with zero attached hydrogens (tertiary/aromatic N) is 1. The van der Waals surface area contributed by atoms with Gasteiger partial charge >= 0.3 is 0 Å². The van der Waals surface area contributed by atoms with Gasteiger partial charge in [0.25, 0.3) is 10.0 Å². The van der Waals surface area contributed by atoms with Crippen molar-refractivity contribution in [2.75, 3.05) is 4.31 Å². The molecule has 0 fully saturated rings. The van der Waals surface area contributed by atoms with Crippen molar-refractivity contribution >= 4 is 26.5 Å². The summed E-state index contributed by atoms with van der Waals surface area (Å²) in [7, 11) is -3.70. The number of aryl methyl sites for hydroxylation is 1. The van der Waals surface area contributed by atoms with Gasteiger partial charge in [-0.3, -0.25) is 4.31 Å². The predicted molar refractivity (Wildman–Crippen MR) is 115 cm³/mol. The number of anilines is 1. The third-order valence-electron chi connectivity index (χ3n) is 4.80. The highest BCUT2D eigenvalue weighted by atomic mass is 32.2. The summed E-state index contributed by atoms with van der Waals surface area (Å²) in [5.74, 6) is 0. The molecule has 0 unspecified atom stereocenters. The summed E-state index contributed by atoms with van der Waals surface area (Å²) >= 11 is 0. The maximum Gasteiger partial charge on any atom is 0.264 e. The SMILES string of the molecule is Cc1ccc(S(=O)(=O)N(Cc2ccccc2)c2ccc3ccccc3c2)cc1. The lowest BCUT2D eigenvalue weighted by Crippen LogP contribution is -2.30. The fraction of sp³-hybridized carbons (Fsp3) is 0.0833. The van der Waals surface area contributed by atoms with Crippen molar-refractivity contribution in [2.24, 2.45) is 0 Å². The van der Waals surface area contributed by atoms with Crippen LogP contribution in [0.5, 0.6) is 0 Å². The highest BCUT2D eigenvalue weighted by molar-refractivity contribution is 7.92. The van der Waals surface area contributed by atoms with Gasteiger partial charge in [-0.2, -0.15) is 0 Å². The molecular weight excluding hydrogens is 366 g/mol. The second-order valence-electron chi connectivity index (χ2n) is 6.84. The molecule has 0 heterocycles. The summed E-state index contributed by atoms with van der Waals surface area (Å²) in [6, 6.07) is 30.4. The van der Waals surface area contributed by atoms with Crippen molar-refractivity contribution in [2.45, 2.75) is 18.4 Å². The summed E-state index contributed by atoms with van der Waals surface area (Å²) in [5, 5.41) is 2.09. The number of hydrogen-bond acceptors (Lipinski definition) is 2. The second-order valence-corrected chi connectivity index (χ2v) is 8.70. The fourth-order valence-corrected chi connectivity index (χ4v) is 4.68. The zero-order valence-electron chi connectivity index (χ0n) is 15.6. The topological polar surface area (TPSA) is 37.4 Å².